The molecule has 20 heavy (non-hydrogen) atoms. The van der Waals surface area contributed by atoms with E-state index >= 15 is 0 Å². The second-order valence-electron chi connectivity index (χ2n) is 5.41. The van der Waals surface area contributed by atoms with E-state index in [1.807, 2.05) is 13.0 Å². The average Bonchev–Trinajstić information content (AvgIpc) is 3.04. The van der Waals surface area contributed by atoms with Crippen LogP contribution in [-0.4, -0.2) is 46.9 Å². The summed E-state index contributed by atoms with van der Waals surface area (Å²) in [6, 6.07) is 0. The molecule has 0 saturated carbocycles. The number of aliphatic hydroxyl groups excluding tert-OH is 1. The molecule has 2 saturated heterocycles. The normalized spacial score (nSPS) is 44.6. The fraction of sp³-hybridized carbons (Fsp3) is 0.571. The largest absolute Gasteiger partial charge is 0.383 e. The number of fused-ring (bicyclic) bond motifs is 2. The van der Waals surface area contributed by atoms with Crippen molar-refractivity contribution in [2.75, 3.05) is 7.11 Å². The van der Waals surface area contributed by atoms with Crippen molar-refractivity contribution in [1.29, 1.82) is 0 Å². The molecular formula is C14H17NO5. The first-order valence-corrected chi connectivity index (χ1v) is 6.61. The third-order valence-electron chi connectivity index (χ3n) is 4.35. The lowest BCUT2D eigenvalue weighted by molar-refractivity contribution is -0.211. The van der Waals surface area contributed by atoms with Gasteiger partial charge in [-0.3, -0.25) is 14.4 Å². The highest BCUT2D eigenvalue weighted by Crippen LogP contribution is 2.62. The minimum atomic E-state index is -1.44. The number of ketones is 1. The van der Waals surface area contributed by atoms with Gasteiger partial charge in [0.25, 0.3) is 5.91 Å². The van der Waals surface area contributed by atoms with E-state index in [9.17, 15) is 14.7 Å². The number of rotatable bonds is 2. The molecule has 0 aromatic rings. The van der Waals surface area contributed by atoms with Crippen LogP contribution in [0.5, 0.6) is 0 Å². The smallest absolute Gasteiger partial charge is 0.265 e. The number of carbonyl (C=O) groups is 2. The van der Waals surface area contributed by atoms with Gasteiger partial charge in [-0.2, -0.15) is 5.06 Å². The van der Waals surface area contributed by atoms with Crippen molar-refractivity contribution in [1.82, 2.24) is 5.06 Å². The summed E-state index contributed by atoms with van der Waals surface area (Å²) < 4.78 is 5.60. The van der Waals surface area contributed by atoms with Gasteiger partial charge in [-0.1, -0.05) is 19.1 Å². The van der Waals surface area contributed by atoms with Gasteiger partial charge in [0.2, 0.25) is 0 Å². The third kappa shape index (κ3) is 1.29. The number of hydroxylamine groups is 2. The molecule has 2 fully saturated rings. The average molecular weight is 279 g/mol. The molecular weight excluding hydrogens is 262 g/mol. The Balaban J connectivity index is 2.19. The van der Waals surface area contributed by atoms with Crippen LogP contribution in [0.25, 0.3) is 0 Å². The molecule has 2 heterocycles. The molecule has 6 nitrogen and oxygen atoms in total. The fourth-order valence-corrected chi connectivity index (χ4v) is 3.40. The lowest BCUT2D eigenvalue weighted by atomic mass is 9.68. The van der Waals surface area contributed by atoms with Gasteiger partial charge in [-0.15, -0.1) is 0 Å². The van der Waals surface area contributed by atoms with Crippen molar-refractivity contribution in [3.8, 4) is 0 Å². The van der Waals surface area contributed by atoms with E-state index in [0.29, 0.717) is 12.0 Å². The Kier molecular flexibility index (Phi) is 2.70. The SMILES string of the molecule is CCC=C1C=CC(=O)C(O)C12C(=O)N(OC)C1(C)OC21. The molecule has 0 radical (unpaired) electrons. The topological polar surface area (TPSA) is 79.4 Å². The second-order valence-corrected chi connectivity index (χ2v) is 5.41. The molecule has 1 spiro atoms. The minimum absolute atomic E-state index is 0.427. The maximum atomic E-state index is 12.7. The summed E-state index contributed by atoms with van der Waals surface area (Å²) in [4.78, 5) is 29.7. The molecule has 1 N–H and O–H groups in total. The number of epoxide rings is 1. The molecule has 3 rings (SSSR count). The van der Waals surface area contributed by atoms with E-state index in [1.165, 1.54) is 13.2 Å². The summed E-state index contributed by atoms with van der Waals surface area (Å²) in [6.07, 6.45) is 3.41. The molecule has 1 aliphatic carbocycles. The Morgan fingerprint density at radius 3 is 2.75 bits per heavy atom. The number of nitrogens with zero attached hydrogens (tertiary/aromatic N) is 1. The maximum absolute atomic E-state index is 12.7. The first kappa shape index (κ1) is 13.5. The number of carbonyl (C=O) groups excluding carboxylic acids is 2. The van der Waals surface area contributed by atoms with Crippen LogP contribution in [0.15, 0.2) is 23.8 Å². The Labute approximate surface area is 116 Å². The van der Waals surface area contributed by atoms with E-state index in [0.717, 1.165) is 5.06 Å². The lowest BCUT2D eigenvalue weighted by Crippen LogP contribution is -2.53. The molecule has 1 amide bonds. The summed E-state index contributed by atoms with van der Waals surface area (Å²) in [5.41, 5.74) is -1.68. The van der Waals surface area contributed by atoms with Gasteiger partial charge in [0.05, 0.1) is 7.11 Å². The first-order valence-electron chi connectivity index (χ1n) is 6.61. The van der Waals surface area contributed by atoms with E-state index in [1.54, 1.807) is 13.0 Å². The summed E-state index contributed by atoms with van der Waals surface area (Å²) in [6.45, 7) is 3.64. The van der Waals surface area contributed by atoms with Crippen LogP contribution in [0.2, 0.25) is 0 Å². The number of hydrogen-bond acceptors (Lipinski definition) is 5. The molecule has 0 bridgehead atoms. The first-order chi connectivity index (χ1) is 9.44. The van der Waals surface area contributed by atoms with E-state index < -0.39 is 35.0 Å². The van der Waals surface area contributed by atoms with E-state index in [4.69, 9.17) is 9.57 Å². The number of ether oxygens (including phenoxy) is 1. The summed E-state index contributed by atoms with van der Waals surface area (Å²) in [5, 5.41) is 11.5. The minimum Gasteiger partial charge on any atom is -0.383 e. The van der Waals surface area contributed by atoms with Gasteiger partial charge >= 0.3 is 0 Å². The maximum Gasteiger partial charge on any atom is 0.265 e. The summed E-state index contributed by atoms with van der Waals surface area (Å²) in [5.74, 6) is -0.911. The molecule has 108 valence electrons. The molecule has 4 unspecified atom stereocenters. The molecule has 2 aliphatic heterocycles. The van der Waals surface area contributed by atoms with Crippen LogP contribution in [0, 0.1) is 5.41 Å². The Hall–Kier alpha value is -1.50. The van der Waals surface area contributed by atoms with E-state index in [-0.39, 0.29) is 0 Å². The third-order valence-corrected chi connectivity index (χ3v) is 4.35. The van der Waals surface area contributed by atoms with Crippen molar-refractivity contribution < 1.29 is 24.3 Å². The van der Waals surface area contributed by atoms with Gasteiger partial charge in [0, 0.05) is 0 Å². The summed E-state index contributed by atoms with van der Waals surface area (Å²) >= 11 is 0. The molecule has 4 atom stereocenters. The van der Waals surface area contributed by atoms with Crippen molar-refractivity contribution in [2.24, 2.45) is 5.41 Å². The zero-order valence-electron chi connectivity index (χ0n) is 11.6. The van der Waals surface area contributed by atoms with Gasteiger partial charge < -0.3 is 9.84 Å². The van der Waals surface area contributed by atoms with Crippen molar-refractivity contribution >= 4 is 11.7 Å². The van der Waals surface area contributed by atoms with Gasteiger partial charge in [0.1, 0.15) is 17.6 Å². The van der Waals surface area contributed by atoms with Crippen LogP contribution in [0.3, 0.4) is 0 Å². The monoisotopic (exact) mass is 279 g/mol. The predicted molar refractivity (Wildman–Crippen MR) is 68.1 cm³/mol. The van der Waals surface area contributed by atoms with Crippen molar-refractivity contribution in [2.45, 2.75) is 38.2 Å². The zero-order chi connectivity index (χ0) is 14.7. The Morgan fingerprint density at radius 2 is 2.20 bits per heavy atom. The Bertz CT molecular complexity index is 554. The standard InChI is InChI=1S/C14H17NO5/c1-4-5-8-6-7-9(16)10(17)14(8)11-13(2,20-11)15(19-3)12(14)18/h5-7,10-11,17H,4H2,1-3H3. The quantitative estimate of drug-likeness (QED) is 0.737. The van der Waals surface area contributed by atoms with Crippen LogP contribution in [0.4, 0.5) is 0 Å². The molecule has 0 aromatic heterocycles. The van der Waals surface area contributed by atoms with Gasteiger partial charge in [0.15, 0.2) is 11.5 Å². The highest BCUT2D eigenvalue weighted by atomic mass is 16.8. The zero-order valence-corrected chi connectivity index (χ0v) is 11.6. The van der Waals surface area contributed by atoms with Crippen LogP contribution in [0.1, 0.15) is 20.3 Å². The number of aliphatic hydroxyl groups is 1. The van der Waals surface area contributed by atoms with Crippen molar-refractivity contribution in [3.63, 3.8) is 0 Å². The number of amides is 1. The van der Waals surface area contributed by atoms with Crippen LogP contribution in [-0.2, 0) is 19.2 Å². The van der Waals surface area contributed by atoms with Crippen molar-refractivity contribution in [3.05, 3.63) is 23.8 Å². The number of hydrogen-bond donors (Lipinski definition) is 1. The fourth-order valence-electron chi connectivity index (χ4n) is 3.40. The van der Waals surface area contributed by atoms with Gasteiger partial charge in [-0.25, -0.2) is 0 Å². The van der Waals surface area contributed by atoms with Crippen LogP contribution >= 0.6 is 0 Å². The number of allylic oxidation sites excluding steroid dienone is 2. The predicted octanol–water partition coefficient (Wildman–Crippen LogP) is 0.328. The lowest BCUT2D eigenvalue weighted by Gasteiger charge is -2.36. The summed E-state index contributed by atoms with van der Waals surface area (Å²) in [7, 11) is 1.37. The molecule has 6 heteroatoms. The van der Waals surface area contributed by atoms with E-state index in [2.05, 4.69) is 0 Å². The van der Waals surface area contributed by atoms with Gasteiger partial charge in [-0.05, 0) is 25.0 Å². The highest BCUT2D eigenvalue weighted by Gasteiger charge is 2.82. The second kappa shape index (κ2) is 4.00. The Morgan fingerprint density at radius 1 is 1.50 bits per heavy atom. The van der Waals surface area contributed by atoms with Crippen LogP contribution < -0.4 is 0 Å². The highest BCUT2D eigenvalue weighted by molar-refractivity contribution is 6.05. The molecule has 3 aliphatic rings. The molecule has 0 aromatic carbocycles.